The molecule has 6 nitrogen and oxygen atoms in total. The van der Waals surface area contributed by atoms with Gasteiger partial charge in [-0.15, -0.1) is 0 Å². The lowest BCUT2D eigenvalue weighted by Crippen LogP contribution is -2.31. The second-order valence-electron chi connectivity index (χ2n) is 9.19. The summed E-state index contributed by atoms with van der Waals surface area (Å²) in [5, 5.41) is 3.45. The number of fused-ring (bicyclic) bond motifs is 2. The molecule has 1 N–H and O–H groups in total. The molecule has 4 aromatic carbocycles. The van der Waals surface area contributed by atoms with Gasteiger partial charge in [-0.3, -0.25) is 9.59 Å². The van der Waals surface area contributed by atoms with Crippen LogP contribution in [0.2, 0.25) is 5.02 Å². The minimum Gasteiger partial charge on any atom is -0.352 e. The number of amides is 2. The van der Waals surface area contributed by atoms with E-state index in [4.69, 9.17) is 11.6 Å². The van der Waals surface area contributed by atoms with E-state index in [0.717, 1.165) is 16.7 Å². The lowest BCUT2D eigenvalue weighted by molar-refractivity contribution is 0.0950. The van der Waals surface area contributed by atoms with Crippen molar-refractivity contribution in [3.63, 3.8) is 0 Å². The molecule has 0 fully saturated rings. The van der Waals surface area contributed by atoms with Crippen LogP contribution in [0.1, 0.15) is 37.4 Å². The van der Waals surface area contributed by atoms with Crippen LogP contribution in [0, 0.1) is 6.92 Å². The summed E-state index contributed by atoms with van der Waals surface area (Å²) in [5.41, 5.74) is 3.54. The summed E-state index contributed by atoms with van der Waals surface area (Å²) in [6, 6.07) is 25.6. The number of hydrogen-bond donors (Lipinski definition) is 1. The largest absolute Gasteiger partial charge is 0.352 e. The Morgan fingerprint density at radius 2 is 1.55 bits per heavy atom. The predicted molar refractivity (Wildman–Crippen MR) is 148 cm³/mol. The van der Waals surface area contributed by atoms with Crippen molar-refractivity contribution in [2.45, 2.75) is 29.7 Å². The van der Waals surface area contributed by atoms with Crippen molar-refractivity contribution in [1.82, 2.24) is 5.32 Å². The molecule has 8 heteroatoms. The topological polar surface area (TPSA) is 83.6 Å². The SMILES string of the molecule is Cc1ccc(CCNC(=O)c2ccc3c(c2)N(Cc2ccc(Cl)cc2)C(=O)c2ccccc2S3(=O)=O)cc1. The number of sulfone groups is 1. The lowest BCUT2D eigenvalue weighted by atomic mass is 10.1. The summed E-state index contributed by atoms with van der Waals surface area (Å²) in [6.45, 7) is 2.53. The molecule has 0 unspecified atom stereocenters. The first kappa shape index (κ1) is 25.7. The Morgan fingerprint density at radius 3 is 2.29 bits per heavy atom. The minimum atomic E-state index is -4.02. The molecule has 192 valence electrons. The summed E-state index contributed by atoms with van der Waals surface area (Å²) >= 11 is 6.03. The summed E-state index contributed by atoms with van der Waals surface area (Å²) in [4.78, 5) is 28.1. The Labute approximate surface area is 226 Å². The van der Waals surface area contributed by atoms with E-state index in [9.17, 15) is 18.0 Å². The summed E-state index contributed by atoms with van der Waals surface area (Å²) in [6.07, 6.45) is 0.655. The summed E-state index contributed by atoms with van der Waals surface area (Å²) in [5.74, 6) is -0.812. The van der Waals surface area contributed by atoms with Crippen LogP contribution in [-0.4, -0.2) is 26.8 Å². The van der Waals surface area contributed by atoms with E-state index in [-0.39, 0.29) is 39.1 Å². The quantitative estimate of drug-likeness (QED) is 0.342. The van der Waals surface area contributed by atoms with E-state index in [2.05, 4.69) is 5.32 Å². The zero-order valence-electron chi connectivity index (χ0n) is 20.6. The predicted octanol–water partition coefficient (Wildman–Crippen LogP) is 5.61. The smallest absolute Gasteiger partial charge is 0.259 e. The van der Waals surface area contributed by atoms with Crippen molar-refractivity contribution in [2.24, 2.45) is 0 Å². The third-order valence-electron chi connectivity index (χ3n) is 6.53. The Bertz CT molecular complexity index is 1630. The highest BCUT2D eigenvalue weighted by Gasteiger charge is 2.36. The molecule has 5 rings (SSSR count). The maximum absolute atomic E-state index is 13.7. The van der Waals surface area contributed by atoms with Gasteiger partial charge in [0.1, 0.15) is 0 Å². The van der Waals surface area contributed by atoms with Gasteiger partial charge in [0.25, 0.3) is 11.8 Å². The van der Waals surface area contributed by atoms with Crippen LogP contribution in [0.25, 0.3) is 0 Å². The number of anilines is 1. The molecule has 1 aliphatic rings. The number of aryl methyl sites for hydroxylation is 1. The third kappa shape index (κ3) is 5.08. The number of halogens is 1. The van der Waals surface area contributed by atoms with Gasteiger partial charge in [0, 0.05) is 17.1 Å². The van der Waals surface area contributed by atoms with Crippen molar-refractivity contribution in [3.8, 4) is 0 Å². The molecule has 0 bridgehead atoms. The van der Waals surface area contributed by atoms with E-state index >= 15 is 0 Å². The molecule has 1 aliphatic heterocycles. The van der Waals surface area contributed by atoms with E-state index in [0.29, 0.717) is 18.0 Å². The van der Waals surface area contributed by atoms with Crippen LogP contribution in [0.4, 0.5) is 5.69 Å². The Hall–Kier alpha value is -3.94. The highest BCUT2D eigenvalue weighted by Crippen LogP contribution is 2.38. The highest BCUT2D eigenvalue weighted by atomic mass is 35.5. The Kier molecular flexibility index (Phi) is 7.06. The monoisotopic (exact) mass is 544 g/mol. The molecule has 38 heavy (non-hydrogen) atoms. The van der Waals surface area contributed by atoms with Gasteiger partial charge in [-0.05, 0) is 66.9 Å². The molecule has 0 radical (unpaired) electrons. The molecule has 0 aliphatic carbocycles. The maximum atomic E-state index is 13.7. The van der Waals surface area contributed by atoms with Gasteiger partial charge in [-0.2, -0.15) is 0 Å². The van der Waals surface area contributed by atoms with Crippen LogP contribution in [0.3, 0.4) is 0 Å². The zero-order chi connectivity index (χ0) is 26.9. The van der Waals surface area contributed by atoms with Gasteiger partial charge >= 0.3 is 0 Å². The molecular weight excluding hydrogens is 520 g/mol. The second-order valence-corrected chi connectivity index (χ2v) is 11.5. The minimum absolute atomic E-state index is 0.0269. The molecule has 0 spiro atoms. The highest BCUT2D eigenvalue weighted by molar-refractivity contribution is 7.91. The number of benzene rings is 4. The van der Waals surface area contributed by atoms with Crippen molar-refractivity contribution in [3.05, 3.63) is 124 Å². The first-order valence-corrected chi connectivity index (χ1v) is 14.0. The molecule has 4 aromatic rings. The van der Waals surface area contributed by atoms with E-state index in [1.807, 2.05) is 31.2 Å². The van der Waals surface area contributed by atoms with Crippen molar-refractivity contribution in [2.75, 3.05) is 11.4 Å². The van der Waals surface area contributed by atoms with Crippen LogP contribution in [-0.2, 0) is 22.8 Å². The zero-order valence-corrected chi connectivity index (χ0v) is 22.2. The first-order chi connectivity index (χ1) is 18.2. The van der Waals surface area contributed by atoms with E-state index in [1.54, 1.807) is 36.4 Å². The average Bonchev–Trinajstić information content (AvgIpc) is 2.99. The normalized spacial score (nSPS) is 13.8. The number of nitrogens with zero attached hydrogens (tertiary/aromatic N) is 1. The lowest BCUT2D eigenvalue weighted by Gasteiger charge is -2.23. The van der Waals surface area contributed by atoms with Gasteiger partial charge in [0.2, 0.25) is 9.84 Å². The van der Waals surface area contributed by atoms with Crippen LogP contribution < -0.4 is 10.2 Å². The fourth-order valence-electron chi connectivity index (χ4n) is 4.45. The van der Waals surface area contributed by atoms with Crippen molar-refractivity contribution < 1.29 is 18.0 Å². The average molecular weight is 545 g/mol. The number of nitrogens with one attached hydrogen (secondary N) is 1. The molecule has 0 aromatic heterocycles. The Morgan fingerprint density at radius 1 is 0.868 bits per heavy atom. The fraction of sp³-hybridized carbons (Fsp3) is 0.133. The number of hydrogen-bond acceptors (Lipinski definition) is 4. The molecule has 0 saturated heterocycles. The second kappa shape index (κ2) is 10.4. The van der Waals surface area contributed by atoms with Crippen molar-refractivity contribution in [1.29, 1.82) is 0 Å². The molecule has 1 heterocycles. The summed E-state index contributed by atoms with van der Waals surface area (Å²) < 4.78 is 27.3. The van der Waals surface area contributed by atoms with Crippen LogP contribution >= 0.6 is 11.6 Å². The van der Waals surface area contributed by atoms with Crippen molar-refractivity contribution >= 4 is 38.9 Å². The number of carbonyl (C=O) groups is 2. The third-order valence-corrected chi connectivity index (χ3v) is 8.64. The molecular formula is C30H25ClN2O4S. The van der Waals surface area contributed by atoms with Crippen LogP contribution in [0.5, 0.6) is 0 Å². The standard InChI is InChI=1S/C30H25ClN2O4S/c1-20-6-8-21(9-7-20)16-17-32-29(34)23-12-15-28-26(18-23)33(19-22-10-13-24(31)14-11-22)30(35)25-4-2-3-5-27(25)38(28,36)37/h2-15,18H,16-17,19H2,1H3,(H,32,34). The maximum Gasteiger partial charge on any atom is 0.259 e. The van der Waals surface area contributed by atoms with Gasteiger partial charge in [0.05, 0.1) is 27.6 Å². The van der Waals surface area contributed by atoms with Gasteiger partial charge in [-0.25, -0.2) is 8.42 Å². The summed E-state index contributed by atoms with van der Waals surface area (Å²) in [7, 11) is -4.02. The number of carbonyl (C=O) groups excluding carboxylic acids is 2. The molecule has 0 atom stereocenters. The van der Waals surface area contributed by atoms with Crippen LogP contribution in [0.15, 0.2) is 101 Å². The first-order valence-electron chi connectivity index (χ1n) is 12.1. The molecule has 2 amide bonds. The fourth-order valence-corrected chi connectivity index (χ4v) is 6.21. The van der Waals surface area contributed by atoms with Gasteiger partial charge < -0.3 is 10.2 Å². The van der Waals surface area contributed by atoms with E-state index in [1.165, 1.54) is 35.2 Å². The van der Waals surface area contributed by atoms with Gasteiger partial charge in [0.15, 0.2) is 0 Å². The van der Waals surface area contributed by atoms with E-state index < -0.39 is 15.7 Å². The molecule has 0 saturated carbocycles. The Balaban J connectivity index is 1.50. The number of rotatable bonds is 6. The van der Waals surface area contributed by atoms with Gasteiger partial charge in [-0.1, -0.05) is 65.7 Å².